The number of hydrogen-bond acceptors (Lipinski definition) is 5. The molecule has 0 amide bonds. The lowest BCUT2D eigenvalue weighted by atomic mass is 10.1. The van der Waals surface area contributed by atoms with Gasteiger partial charge in [0.1, 0.15) is 5.82 Å². The van der Waals surface area contributed by atoms with Crippen molar-refractivity contribution in [1.82, 2.24) is 9.97 Å². The Morgan fingerprint density at radius 2 is 1.95 bits per heavy atom. The highest BCUT2D eigenvalue weighted by Gasteiger charge is 2.10. The van der Waals surface area contributed by atoms with Crippen molar-refractivity contribution in [2.45, 2.75) is 13.8 Å². The largest absolute Gasteiger partial charge is 0.504 e. The summed E-state index contributed by atoms with van der Waals surface area (Å²) in [6, 6.07) is 5.12. The van der Waals surface area contributed by atoms with Crippen molar-refractivity contribution >= 4 is 5.82 Å². The minimum Gasteiger partial charge on any atom is -0.504 e. The Hall–Kier alpha value is -2.30. The molecular weight excluding hydrogens is 242 g/mol. The maximum atomic E-state index is 9.81. The van der Waals surface area contributed by atoms with E-state index in [0.29, 0.717) is 11.6 Å². The number of rotatable bonds is 3. The fraction of sp³-hybridized carbons (Fsp3) is 0.286. The number of aryl methyl sites for hydroxylation is 1. The zero-order valence-corrected chi connectivity index (χ0v) is 11.5. The van der Waals surface area contributed by atoms with Gasteiger partial charge in [-0.25, -0.2) is 9.97 Å². The van der Waals surface area contributed by atoms with E-state index in [4.69, 9.17) is 4.74 Å². The van der Waals surface area contributed by atoms with Gasteiger partial charge in [0.2, 0.25) is 0 Å². The lowest BCUT2D eigenvalue weighted by Crippen LogP contribution is -2.02. The van der Waals surface area contributed by atoms with Crippen LogP contribution in [-0.4, -0.2) is 29.2 Å². The number of anilines is 1. The fourth-order valence-corrected chi connectivity index (χ4v) is 1.83. The first-order chi connectivity index (χ1) is 9.06. The van der Waals surface area contributed by atoms with E-state index in [1.807, 2.05) is 27.0 Å². The van der Waals surface area contributed by atoms with E-state index in [1.54, 1.807) is 12.1 Å². The smallest absolute Gasteiger partial charge is 0.161 e. The van der Waals surface area contributed by atoms with E-state index in [1.165, 1.54) is 7.11 Å². The van der Waals surface area contributed by atoms with Gasteiger partial charge in [0.15, 0.2) is 17.3 Å². The standard InChI is InChI=1S/C14H17N3O2/c1-8-9(2)16-14(17-13(8)15-3)10-5-6-12(19-4)11(18)7-10/h5-7,18H,1-4H3,(H,15,16,17). The van der Waals surface area contributed by atoms with Crippen LogP contribution in [0.15, 0.2) is 18.2 Å². The third kappa shape index (κ3) is 2.45. The molecule has 2 rings (SSSR count). The van der Waals surface area contributed by atoms with Crippen LogP contribution in [0.3, 0.4) is 0 Å². The average Bonchev–Trinajstić information content (AvgIpc) is 2.41. The summed E-state index contributed by atoms with van der Waals surface area (Å²) in [6.07, 6.45) is 0. The van der Waals surface area contributed by atoms with Gasteiger partial charge >= 0.3 is 0 Å². The molecule has 1 heterocycles. The Morgan fingerprint density at radius 3 is 2.53 bits per heavy atom. The van der Waals surface area contributed by atoms with Crippen LogP contribution in [0.25, 0.3) is 11.4 Å². The molecule has 0 atom stereocenters. The number of nitrogens with zero attached hydrogens (tertiary/aromatic N) is 2. The summed E-state index contributed by atoms with van der Waals surface area (Å²) < 4.78 is 5.02. The zero-order valence-electron chi connectivity index (χ0n) is 11.5. The molecule has 2 aromatic rings. The average molecular weight is 259 g/mol. The van der Waals surface area contributed by atoms with Gasteiger partial charge in [-0.3, -0.25) is 0 Å². The quantitative estimate of drug-likeness (QED) is 0.886. The Labute approximate surface area is 112 Å². The number of nitrogens with one attached hydrogen (secondary N) is 1. The molecule has 0 saturated heterocycles. The predicted octanol–water partition coefficient (Wildman–Crippen LogP) is 2.52. The van der Waals surface area contributed by atoms with Crippen molar-refractivity contribution in [2.24, 2.45) is 0 Å². The molecular formula is C14H17N3O2. The lowest BCUT2D eigenvalue weighted by Gasteiger charge is -2.10. The molecule has 0 radical (unpaired) electrons. The van der Waals surface area contributed by atoms with Gasteiger partial charge < -0.3 is 15.2 Å². The molecule has 0 aliphatic heterocycles. The number of hydrogen-bond donors (Lipinski definition) is 2. The molecule has 0 aliphatic carbocycles. The number of benzene rings is 1. The minimum atomic E-state index is 0.0767. The van der Waals surface area contributed by atoms with E-state index in [0.717, 1.165) is 22.6 Å². The molecule has 19 heavy (non-hydrogen) atoms. The lowest BCUT2D eigenvalue weighted by molar-refractivity contribution is 0.373. The second-order valence-electron chi connectivity index (χ2n) is 4.24. The summed E-state index contributed by atoms with van der Waals surface area (Å²) in [5, 5.41) is 12.9. The van der Waals surface area contributed by atoms with Crippen LogP contribution in [-0.2, 0) is 0 Å². The second kappa shape index (κ2) is 5.14. The highest BCUT2D eigenvalue weighted by Crippen LogP contribution is 2.30. The summed E-state index contributed by atoms with van der Waals surface area (Å²) >= 11 is 0. The molecule has 2 N–H and O–H groups in total. The zero-order chi connectivity index (χ0) is 14.0. The molecule has 0 bridgehead atoms. The number of ether oxygens (including phenoxy) is 1. The van der Waals surface area contributed by atoms with Crippen molar-refractivity contribution in [3.8, 4) is 22.9 Å². The molecule has 0 fully saturated rings. The van der Waals surface area contributed by atoms with Crippen LogP contribution in [0, 0.1) is 13.8 Å². The Morgan fingerprint density at radius 1 is 1.21 bits per heavy atom. The first-order valence-electron chi connectivity index (χ1n) is 5.97. The Balaban J connectivity index is 2.53. The van der Waals surface area contributed by atoms with E-state index < -0.39 is 0 Å². The summed E-state index contributed by atoms with van der Waals surface area (Å²) in [5.74, 6) is 1.87. The normalized spacial score (nSPS) is 10.3. The highest BCUT2D eigenvalue weighted by molar-refractivity contribution is 5.63. The third-order valence-corrected chi connectivity index (χ3v) is 3.06. The van der Waals surface area contributed by atoms with Gasteiger partial charge in [0.05, 0.1) is 7.11 Å². The minimum absolute atomic E-state index is 0.0767. The monoisotopic (exact) mass is 259 g/mol. The molecule has 1 aromatic heterocycles. The number of phenols is 1. The van der Waals surface area contributed by atoms with E-state index in [2.05, 4.69) is 15.3 Å². The van der Waals surface area contributed by atoms with E-state index in [9.17, 15) is 5.11 Å². The molecule has 5 nitrogen and oxygen atoms in total. The van der Waals surface area contributed by atoms with Gasteiger partial charge in [0.25, 0.3) is 0 Å². The number of aromatic nitrogens is 2. The van der Waals surface area contributed by atoms with Crippen molar-refractivity contribution in [3.63, 3.8) is 0 Å². The summed E-state index contributed by atoms with van der Waals surface area (Å²) in [4.78, 5) is 8.89. The van der Waals surface area contributed by atoms with Crippen LogP contribution in [0.5, 0.6) is 11.5 Å². The maximum Gasteiger partial charge on any atom is 0.161 e. The van der Waals surface area contributed by atoms with Crippen molar-refractivity contribution < 1.29 is 9.84 Å². The van der Waals surface area contributed by atoms with Gasteiger partial charge in [-0.05, 0) is 32.0 Å². The SMILES string of the molecule is CNc1nc(-c2ccc(OC)c(O)c2)nc(C)c1C. The third-order valence-electron chi connectivity index (χ3n) is 3.06. The van der Waals surface area contributed by atoms with Gasteiger partial charge in [-0.15, -0.1) is 0 Å². The molecule has 0 aliphatic rings. The summed E-state index contributed by atoms with van der Waals surface area (Å²) in [5.41, 5.74) is 2.67. The summed E-state index contributed by atoms with van der Waals surface area (Å²) in [6.45, 7) is 3.90. The van der Waals surface area contributed by atoms with Crippen LogP contribution in [0.1, 0.15) is 11.3 Å². The molecule has 0 spiro atoms. The molecule has 1 aromatic carbocycles. The van der Waals surface area contributed by atoms with Crippen LogP contribution >= 0.6 is 0 Å². The summed E-state index contributed by atoms with van der Waals surface area (Å²) in [7, 11) is 3.34. The first-order valence-corrected chi connectivity index (χ1v) is 5.97. The van der Waals surface area contributed by atoms with Crippen LogP contribution in [0.2, 0.25) is 0 Å². The number of phenolic OH excluding ortho intramolecular Hbond substituents is 1. The molecule has 5 heteroatoms. The molecule has 0 unspecified atom stereocenters. The van der Waals surface area contributed by atoms with Gasteiger partial charge in [-0.1, -0.05) is 0 Å². The molecule has 100 valence electrons. The molecule has 0 saturated carbocycles. The predicted molar refractivity (Wildman–Crippen MR) is 74.7 cm³/mol. The van der Waals surface area contributed by atoms with Gasteiger partial charge in [0, 0.05) is 23.9 Å². The highest BCUT2D eigenvalue weighted by atomic mass is 16.5. The fourth-order valence-electron chi connectivity index (χ4n) is 1.83. The Bertz CT molecular complexity index is 612. The van der Waals surface area contributed by atoms with Crippen LogP contribution in [0.4, 0.5) is 5.82 Å². The number of methoxy groups -OCH3 is 1. The van der Waals surface area contributed by atoms with Crippen molar-refractivity contribution in [1.29, 1.82) is 0 Å². The van der Waals surface area contributed by atoms with Gasteiger partial charge in [-0.2, -0.15) is 0 Å². The Kier molecular flexibility index (Phi) is 3.55. The van der Waals surface area contributed by atoms with Crippen LogP contribution < -0.4 is 10.1 Å². The van der Waals surface area contributed by atoms with Crippen molar-refractivity contribution in [3.05, 3.63) is 29.5 Å². The van der Waals surface area contributed by atoms with E-state index >= 15 is 0 Å². The topological polar surface area (TPSA) is 67.3 Å². The second-order valence-corrected chi connectivity index (χ2v) is 4.24. The van der Waals surface area contributed by atoms with Crippen molar-refractivity contribution in [2.75, 3.05) is 19.5 Å². The number of aromatic hydroxyl groups is 1. The van der Waals surface area contributed by atoms with E-state index in [-0.39, 0.29) is 5.75 Å². The maximum absolute atomic E-state index is 9.81. The first kappa shape index (κ1) is 13.1.